The van der Waals surface area contributed by atoms with Gasteiger partial charge in [-0.05, 0) is 50.1 Å². The van der Waals surface area contributed by atoms with Crippen molar-refractivity contribution in [3.8, 4) is 5.75 Å². The second-order valence-electron chi connectivity index (χ2n) is 6.93. The molecule has 0 aromatic heterocycles. The summed E-state index contributed by atoms with van der Waals surface area (Å²) >= 11 is 0. The predicted molar refractivity (Wildman–Crippen MR) is 108 cm³/mol. The van der Waals surface area contributed by atoms with Crippen LogP contribution in [0, 0.1) is 0 Å². The molecule has 2 aromatic carbocycles. The zero-order valence-corrected chi connectivity index (χ0v) is 17.0. The van der Waals surface area contributed by atoms with Crippen molar-refractivity contribution in [3.05, 3.63) is 59.7 Å². The van der Waals surface area contributed by atoms with Gasteiger partial charge in [-0.3, -0.25) is 4.79 Å². The van der Waals surface area contributed by atoms with Crippen LogP contribution >= 0.6 is 0 Å². The molecule has 0 radical (unpaired) electrons. The smallest absolute Gasteiger partial charge is 0.251 e. The molecule has 1 amide bonds. The summed E-state index contributed by atoms with van der Waals surface area (Å²) < 4.78 is 32.3. The number of carbonyl (C=O) groups is 1. The van der Waals surface area contributed by atoms with Crippen LogP contribution in [0.15, 0.2) is 53.4 Å². The maximum Gasteiger partial charge on any atom is 0.251 e. The van der Waals surface area contributed by atoms with Gasteiger partial charge in [0, 0.05) is 24.2 Å². The normalized spacial score (nSPS) is 16.4. The molecule has 1 aliphatic heterocycles. The Labute approximate surface area is 166 Å². The van der Waals surface area contributed by atoms with Crippen LogP contribution in [0.4, 0.5) is 0 Å². The van der Waals surface area contributed by atoms with Crippen LogP contribution in [-0.2, 0) is 10.0 Å². The number of hydrogen-bond donors (Lipinski definition) is 1. The van der Waals surface area contributed by atoms with E-state index in [0.717, 1.165) is 24.8 Å². The molecule has 0 aliphatic carbocycles. The van der Waals surface area contributed by atoms with Gasteiger partial charge in [0.2, 0.25) is 10.0 Å². The van der Waals surface area contributed by atoms with Gasteiger partial charge < -0.3 is 10.1 Å². The number of nitrogens with one attached hydrogen (secondary N) is 1. The highest BCUT2D eigenvalue weighted by atomic mass is 32.2. The van der Waals surface area contributed by atoms with Crippen LogP contribution in [0.5, 0.6) is 5.75 Å². The van der Waals surface area contributed by atoms with Crippen LogP contribution in [-0.4, -0.2) is 38.8 Å². The number of benzene rings is 2. The fourth-order valence-electron chi connectivity index (χ4n) is 3.41. The summed E-state index contributed by atoms with van der Waals surface area (Å²) in [7, 11) is -1.90. The zero-order valence-electron chi connectivity index (χ0n) is 16.2. The molecule has 0 bridgehead atoms. The molecular weight excluding hydrogens is 376 g/mol. The van der Waals surface area contributed by atoms with Gasteiger partial charge in [-0.2, -0.15) is 4.31 Å². The number of piperidine rings is 1. The van der Waals surface area contributed by atoms with Gasteiger partial charge in [-0.25, -0.2) is 8.42 Å². The third kappa shape index (κ3) is 4.36. The predicted octanol–water partition coefficient (Wildman–Crippen LogP) is 3.36. The van der Waals surface area contributed by atoms with Gasteiger partial charge in [0.1, 0.15) is 5.75 Å². The first-order valence-electron chi connectivity index (χ1n) is 9.47. The van der Waals surface area contributed by atoms with Crippen LogP contribution < -0.4 is 10.1 Å². The number of hydrogen-bond acceptors (Lipinski definition) is 4. The molecule has 1 fully saturated rings. The minimum Gasteiger partial charge on any atom is -0.496 e. The van der Waals surface area contributed by atoms with E-state index in [4.69, 9.17) is 4.74 Å². The van der Waals surface area contributed by atoms with Gasteiger partial charge in [-0.1, -0.05) is 24.6 Å². The minimum atomic E-state index is -3.49. The van der Waals surface area contributed by atoms with E-state index >= 15 is 0 Å². The van der Waals surface area contributed by atoms with Gasteiger partial charge in [-0.15, -0.1) is 0 Å². The molecule has 150 valence electrons. The van der Waals surface area contributed by atoms with E-state index in [2.05, 4.69) is 5.32 Å². The van der Waals surface area contributed by atoms with E-state index in [1.807, 2.05) is 31.2 Å². The largest absolute Gasteiger partial charge is 0.496 e. The van der Waals surface area contributed by atoms with Gasteiger partial charge in [0.25, 0.3) is 5.91 Å². The maximum absolute atomic E-state index is 12.7. The molecule has 1 saturated heterocycles. The summed E-state index contributed by atoms with van der Waals surface area (Å²) in [6, 6.07) is 13.4. The summed E-state index contributed by atoms with van der Waals surface area (Å²) in [5, 5.41) is 2.93. The molecule has 0 saturated carbocycles. The summed E-state index contributed by atoms with van der Waals surface area (Å²) in [5.74, 6) is 0.443. The van der Waals surface area contributed by atoms with Crippen molar-refractivity contribution < 1.29 is 17.9 Å². The lowest BCUT2D eigenvalue weighted by Gasteiger charge is -2.25. The molecule has 2 aromatic rings. The van der Waals surface area contributed by atoms with Gasteiger partial charge in [0.05, 0.1) is 18.0 Å². The third-order valence-corrected chi connectivity index (χ3v) is 6.94. The van der Waals surface area contributed by atoms with E-state index in [9.17, 15) is 13.2 Å². The maximum atomic E-state index is 12.7. The summed E-state index contributed by atoms with van der Waals surface area (Å²) in [5.41, 5.74) is 1.29. The van der Waals surface area contributed by atoms with Crippen LogP contribution in [0.3, 0.4) is 0 Å². The lowest BCUT2D eigenvalue weighted by atomic mass is 10.1. The van der Waals surface area contributed by atoms with Crippen molar-refractivity contribution in [2.45, 2.75) is 37.1 Å². The average molecular weight is 403 g/mol. The number of amides is 1. The van der Waals surface area contributed by atoms with E-state index in [0.29, 0.717) is 24.4 Å². The Morgan fingerprint density at radius 1 is 1.04 bits per heavy atom. The van der Waals surface area contributed by atoms with Crippen molar-refractivity contribution in [2.75, 3.05) is 20.2 Å². The Bertz CT molecular complexity index is 920. The number of ether oxygens (including phenoxy) is 1. The topological polar surface area (TPSA) is 75.7 Å². The number of rotatable bonds is 6. The SMILES string of the molecule is COc1ccccc1C(C)NC(=O)c1ccc(S(=O)(=O)N2CCCCC2)cc1. The number of carbonyl (C=O) groups excluding carboxylic acids is 1. The van der Waals surface area contributed by atoms with Crippen molar-refractivity contribution in [2.24, 2.45) is 0 Å². The first kappa shape index (κ1) is 20.4. The third-order valence-electron chi connectivity index (χ3n) is 5.02. The highest BCUT2D eigenvalue weighted by Crippen LogP contribution is 2.25. The molecule has 28 heavy (non-hydrogen) atoms. The quantitative estimate of drug-likeness (QED) is 0.804. The van der Waals surface area contributed by atoms with Crippen LogP contribution in [0.25, 0.3) is 0 Å². The second-order valence-corrected chi connectivity index (χ2v) is 8.86. The Morgan fingerprint density at radius 2 is 1.68 bits per heavy atom. The number of nitrogens with zero attached hydrogens (tertiary/aromatic N) is 1. The Morgan fingerprint density at radius 3 is 2.32 bits per heavy atom. The summed E-state index contributed by atoms with van der Waals surface area (Å²) in [4.78, 5) is 12.8. The molecule has 3 rings (SSSR count). The molecule has 1 aliphatic rings. The molecule has 0 spiro atoms. The molecule has 1 unspecified atom stereocenters. The summed E-state index contributed by atoms with van der Waals surface area (Å²) in [6.07, 6.45) is 2.84. The Hall–Kier alpha value is -2.38. The van der Waals surface area contributed by atoms with E-state index in [1.165, 1.54) is 16.4 Å². The molecule has 1 heterocycles. The Kier molecular flexibility index (Phi) is 6.36. The van der Waals surface area contributed by atoms with Crippen LogP contribution in [0.2, 0.25) is 0 Å². The fourth-order valence-corrected chi connectivity index (χ4v) is 4.93. The van der Waals surface area contributed by atoms with Crippen molar-refractivity contribution in [1.82, 2.24) is 9.62 Å². The highest BCUT2D eigenvalue weighted by molar-refractivity contribution is 7.89. The van der Waals surface area contributed by atoms with Crippen molar-refractivity contribution >= 4 is 15.9 Å². The fraction of sp³-hybridized carbons (Fsp3) is 0.381. The summed E-state index contributed by atoms with van der Waals surface area (Å²) in [6.45, 7) is 2.99. The lowest BCUT2D eigenvalue weighted by molar-refractivity contribution is 0.0939. The average Bonchev–Trinajstić information content (AvgIpc) is 2.74. The van der Waals surface area contributed by atoms with Gasteiger partial charge >= 0.3 is 0 Å². The molecule has 1 N–H and O–H groups in total. The van der Waals surface area contributed by atoms with Crippen molar-refractivity contribution in [1.29, 1.82) is 0 Å². The van der Waals surface area contributed by atoms with Crippen LogP contribution in [0.1, 0.15) is 48.1 Å². The molecule has 1 atom stereocenters. The number of methoxy groups -OCH3 is 1. The monoisotopic (exact) mass is 402 g/mol. The number of para-hydroxylation sites is 1. The zero-order chi connectivity index (χ0) is 20.1. The minimum absolute atomic E-state index is 0.226. The van der Waals surface area contributed by atoms with E-state index in [1.54, 1.807) is 19.2 Å². The second kappa shape index (κ2) is 8.75. The van der Waals surface area contributed by atoms with E-state index in [-0.39, 0.29) is 16.8 Å². The highest BCUT2D eigenvalue weighted by Gasteiger charge is 2.26. The van der Waals surface area contributed by atoms with Gasteiger partial charge in [0.15, 0.2) is 0 Å². The first-order valence-corrected chi connectivity index (χ1v) is 10.9. The molecule has 7 heteroatoms. The Balaban J connectivity index is 1.71. The first-order chi connectivity index (χ1) is 13.4. The standard InChI is InChI=1S/C21H26N2O4S/c1-16(19-8-4-5-9-20(19)27-2)22-21(24)17-10-12-18(13-11-17)28(25,26)23-14-6-3-7-15-23/h4-5,8-13,16H,3,6-7,14-15H2,1-2H3,(H,22,24). The van der Waals surface area contributed by atoms with E-state index < -0.39 is 10.0 Å². The molecular formula is C21H26N2O4S. The van der Waals surface area contributed by atoms with Crippen molar-refractivity contribution in [3.63, 3.8) is 0 Å². The lowest BCUT2D eigenvalue weighted by Crippen LogP contribution is -2.35. The molecule has 6 nitrogen and oxygen atoms in total. The number of sulfonamides is 1.